The summed E-state index contributed by atoms with van der Waals surface area (Å²) >= 11 is 0. The van der Waals surface area contributed by atoms with Crippen LogP contribution in [0, 0.1) is 5.41 Å². The Kier molecular flexibility index (Phi) is 5.38. The van der Waals surface area contributed by atoms with E-state index in [2.05, 4.69) is 49.7 Å². The van der Waals surface area contributed by atoms with Gasteiger partial charge in [-0.2, -0.15) is 0 Å². The van der Waals surface area contributed by atoms with Gasteiger partial charge in [0, 0.05) is 45.3 Å². The molecule has 1 heterocycles. The highest BCUT2D eigenvalue weighted by atomic mass is 15.3. The smallest absolute Gasteiger partial charge is 0.0342 e. The Morgan fingerprint density at radius 3 is 2.47 bits per heavy atom. The zero-order valence-electron chi connectivity index (χ0n) is 12.2. The fourth-order valence-corrected chi connectivity index (χ4v) is 2.73. The number of nitrogens with two attached hydrogens (primary N) is 1. The molecular formula is C13H30N4. The Hall–Kier alpha value is -0.160. The van der Waals surface area contributed by atoms with Crippen LogP contribution in [0.4, 0.5) is 0 Å². The summed E-state index contributed by atoms with van der Waals surface area (Å²) in [6.45, 7) is 11.1. The van der Waals surface area contributed by atoms with Crippen LogP contribution in [-0.2, 0) is 0 Å². The third kappa shape index (κ3) is 4.92. The minimum Gasteiger partial charge on any atom is -0.329 e. The number of nitrogens with zero attached hydrogens (tertiary/aromatic N) is 3. The maximum Gasteiger partial charge on any atom is 0.0342 e. The molecule has 0 saturated carbocycles. The maximum atomic E-state index is 5.89. The van der Waals surface area contributed by atoms with Gasteiger partial charge in [-0.1, -0.05) is 13.8 Å². The van der Waals surface area contributed by atoms with Crippen molar-refractivity contribution in [3.05, 3.63) is 0 Å². The molecule has 0 aromatic heterocycles. The second-order valence-electron chi connectivity index (χ2n) is 6.51. The molecule has 1 atom stereocenters. The van der Waals surface area contributed by atoms with Crippen molar-refractivity contribution in [3.8, 4) is 0 Å². The van der Waals surface area contributed by atoms with Gasteiger partial charge in [-0.15, -0.1) is 0 Å². The molecule has 1 rings (SSSR count). The van der Waals surface area contributed by atoms with E-state index in [9.17, 15) is 0 Å². The van der Waals surface area contributed by atoms with E-state index in [-0.39, 0.29) is 0 Å². The van der Waals surface area contributed by atoms with E-state index >= 15 is 0 Å². The summed E-state index contributed by atoms with van der Waals surface area (Å²) in [5.41, 5.74) is 6.24. The van der Waals surface area contributed by atoms with Crippen molar-refractivity contribution in [1.29, 1.82) is 0 Å². The summed E-state index contributed by atoms with van der Waals surface area (Å²) in [6.07, 6.45) is 0. The molecule has 2 N–H and O–H groups in total. The average Bonchev–Trinajstić information content (AvgIpc) is 2.30. The lowest BCUT2D eigenvalue weighted by molar-refractivity contribution is 0.183. The normalized spacial score (nSPS) is 27.4. The summed E-state index contributed by atoms with van der Waals surface area (Å²) in [7, 11) is 6.47. The molecule has 0 amide bonds. The molecule has 1 fully saturated rings. The molecule has 1 aliphatic heterocycles. The van der Waals surface area contributed by atoms with Gasteiger partial charge in [0.1, 0.15) is 0 Å². The fraction of sp³-hybridized carbons (Fsp3) is 1.00. The molecule has 0 radical (unpaired) electrons. The molecule has 0 bridgehead atoms. The van der Waals surface area contributed by atoms with Crippen LogP contribution >= 0.6 is 0 Å². The van der Waals surface area contributed by atoms with E-state index < -0.39 is 0 Å². The number of rotatable bonds is 4. The number of likely N-dealkylation sites (N-methyl/N-ethyl adjacent to an activating group) is 2. The topological polar surface area (TPSA) is 35.7 Å². The molecular weight excluding hydrogens is 212 g/mol. The third-order valence-corrected chi connectivity index (χ3v) is 3.56. The zero-order chi connectivity index (χ0) is 13.1. The molecule has 4 heteroatoms. The molecule has 1 aliphatic rings. The van der Waals surface area contributed by atoms with E-state index in [0.29, 0.717) is 11.5 Å². The first-order chi connectivity index (χ1) is 7.84. The van der Waals surface area contributed by atoms with Crippen LogP contribution < -0.4 is 5.73 Å². The van der Waals surface area contributed by atoms with Crippen LogP contribution in [0.3, 0.4) is 0 Å². The first-order valence-corrected chi connectivity index (χ1v) is 6.61. The quantitative estimate of drug-likeness (QED) is 0.761. The summed E-state index contributed by atoms with van der Waals surface area (Å²) in [6, 6.07) is 0.499. The number of hydrogen-bond donors (Lipinski definition) is 1. The number of hydrogen-bond acceptors (Lipinski definition) is 4. The first-order valence-electron chi connectivity index (χ1n) is 6.61. The van der Waals surface area contributed by atoms with Gasteiger partial charge in [0.15, 0.2) is 0 Å². The SMILES string of the molecule is CN(C)CCN1CC(CN)N(C)CC(C)(C)C1. The Bertz CT molecular complexity index is 227. The van der Waals surface area contributed by atoms with Crippen LogP contribution in [-0.4, -0.2) is 81.2 Å². The molecule has 102 valence electrons. The van der Waals surface area contributed by atoms with Crippen LogP contribution in [0.15, 0.2) is 0 Å². The minimum atomic E-state index is 0.352. The van der Waals surface area contributed by atoms with E-state index in [1.54, 1.807) is 0 Å². The molecule has 0 aliphatic carbocycles. The van der Waals surface area contributed by atoms with Crippen LogP contribution in [0.5, 0.6) is 0 Å². The maximum absolute atomic E-state index is 5.89. The Balaban J connectivity index is 2.63. The third-order valence-electron chi connectivity index (χ3n) is 3.56. The fourth-order valence-electron chi connectivity index (χ4n) is 2.73. The van der Waals surface area contributed by atoms with Crippen molar-refractivity contribution in [1.82, 2.24) is 14.7 Å². The molecule has 17 heavy (non-hydrogen) atoms. The van der Waals surface area contributed by atoms with E-state index in [1.165, 1.54) is 6.54 Å². The Morgan fingerprint density at radius 1 is 1.29 bits per heavy atom. The van der Waals surface area contributed by atoms with Gasteiger partial charge in [-0.05, 0) is 26.6 Å². The molecule has 0 aromatic carbocycles. The van der Waals surface area contributed by atoms with Crippen molar-refractivity contribution < 1.29 is 0 Å². The van der Waals surface area contributed by atoms with E-state index in [4.69, 9.17) is 5.73 Å². The molecule has 0 aromatic rings. The summed E-state index contributed by atoms with van der Waals surface area (Å²) in [5.74, 6) is 0. The van der Waals surface area contributed by atoms with Gasteiger partial charge in [0.2, 0.25) is 0 Å². The predicted molar refractivity (Wildman–Crippen MR) is 74.2 cm³/mol. The lowest BCUT2D eigenvalue weighted by Gasteiger charge is -2.30. The Labute approximate surface area is 107 Å². The largest absolute Gasteiger partial charge is 0.329 e. The van der Waals surface area contributed by atoms with E-state index in [1.807, 2.05) is 0 Å². The second kappa shape index (κ2) is 6.14. The van der Waals surface area contributed by atoms with Gasteiger partial charge >= 0.3 is 0 Å². The van der Waals surface area contributed by atoms with Gasteiger partial charge in [-0.3, -0.25) is 4.90 Å². The highest BCUT2D eigenvalue weighted by molar-refractivity contribution is 4.87. The van der Waals surface area contributed by atoms with Crippen molar-refractivity contribution in [2.75, 3.05) is 60.4 Å². The van der Waals surface area contributed by atoms with Crippen molar-refractivity contribution in [2.45, 2.75) is 19.9 Å². The zero-order valence-corrected chi connectivity index (χ0v) is 12.2. The molecule has 0 spiro atoms. The highest BCUT2D eigenvalue weighted by Gasteiger charge is 2.31. The monoisotopic (exact) mass is 242 g/mol. The predicted octanol–water partition coefficient (Wildman–Crippen LogP) is 0.149. The van der Waals surface area contributed by atoms with Gasteiger partial charge in [-0.25, -0.2) is 0 Å². The lowest BCUT2D eigenvalue weighted by atomic mass is 9.92. The van der Waals surface area contributed by atoms with E-state index in [0.717, 1.165) is 32.7 Å². The van der Waals surface area contributed by atoms with Crippen LogP contribution in [0.25, 0.3) is 0 Å². The Morgan fingerprint density at radius 2 is 1.94 bits per heavy atom. The lowest BCUT2D eigenvalue weighted by Crippen LogP contribution is -2.45. The van der Waals surface area contributed by atoms with Crippen LogP contribution in [0.1, 0.15) is 13.8 Å². The van der Waals surface area contributed by atoms with Crippen molar-refractivity contribution >= 4 is 0 Å². The van der Waals surface area contributed by atoms with Gasteiger partial charge in [0.25, 0.3) is 0 Å². The summed E-state index contributed by atoms with van der Waals surface area (Å²) in [4.78, 5) is 7.25. The summed E-state index contributed by atoms with van der Waals surface area (Å²) < 4.78 is 0. The van der Waals surface area contributed by atoms with Gasteiger partial charge in [0.05, 0.1) is 0 Å². The minimum absolute atomic E-state index is 0.352. The first kappa shape index (κ1) is 14.9. The standard InChI is InChI=1S/C13H30N4/c1-13(2)10-16(5)12(8-14)9-17(11-13)7-6-15(3)4/h12H,6-11,14H2,1-5H3. The second-order valence-corrected chi connectivity index (χ2v) is 6.51. The molecule has 1 unspecified atom stereocenters. The molecule has 1 saturated heterocycles. The molecule has 4 nitrogen and oxygen atoms in total. The summed E-state index contributed by atoms with van der Waals surface area (Å²) in [5, 5.41) is 0. The van der Waals surface area contributed by atoms with Crippen molar-refractivity contribution in [3.63, 3.8) is 0 Å². The average molecular weight is 242 g/mol. The van der Waals surface area contributed by atoms with Crippen molar-refractivity contribution in [2.24, 2.45) is 11.1 Å². The highest BCUT2D eigenvalue weighted by Crippen LogP contribution is 2.23. The van der Waals surface area contributed by atoms with Crippen LogP contribution in [0.2, 0.25) is 0 Å². The van der Waals surface area contributed by atoms with Gasteiger partial charge < -0.3 is 15.5 Å².